The second-order valence-corrected chi connectivity index (χ2v) is 6.41. The monoisotopic (exact) mass is 384 g/mol. The van der Waals surface area contributed by atoms with Crippen LogP contribution < -0.4 is 0 Å². The molecule has 0 N–H and O–H groups in total. The minimum atomic E-state index is -1.04. The van der Waals surface area contributed by atoms with Crippen molar-refractivity contribution in [1.29, 1.82) is 10.5 Å². The average Bonchev–Trinajstić information content (AvgIpc) is 2.64. The van der Waals surface area contributed by atoms with Crippen LogP contribution in [-0.2, 0) is 9.59 Å². The molecular weight excluding hydrogens is 371 g/mol. The number of carbonyl (C=O) groups excluding carboxylic acids is 2. The standard InChI is InChI=1S/C20H14Cl2N2O2/c21-17-7-3-1-5-13(17)15(11-23)19(25)9-10-20(26)16(12-24)14-6-2-4-8-18(14)22/h1-8,15-16H,9-10H2/t15-,16-/m0/s1. The van der Waals surface area contributed by atoms with Gasteiger partial charge in [-0.25, -0.2) is 0 Å². The van der Waals surface area contributed by atoms with E-state index in [9.17, 15) is 20.1 Å². The second-order valence-electron chi connectivity index (χ2n) is 5.60. The Labute approximate surface area is 161 Å². The van der Waals surface area contributed by atoms with Gasteiger partial charge in [0.25, 0.3) is 0 Å². The molecule has 0 bridgehead atoms. The van der Waals surface area contributed by atoms with Crippen molar-refractivity contribution < 1.29 is 9.59 Å². The van der Waals surface area contributed by atoms with Crippen LogP contribution in [0.4, 0.5) is 0 Å². The number of halogens is 2. The molecule has 130 valence electrons. The zero-order chi connectivity index (χ0) is 19.1. The molecule has 0 aromatic heterocycles. The fourth-order valence-corrected chi connectivity index (χ4v) is 3.07. The highest BCUT2D eigenvalue weighted by Gasteiger charge is 2.26. The Kier molecular flexibility index (Phi) is 6.92. The summed E-state index contributed by atoms with van der Waals surface area (Å²) >= 11 is 12.1. The second kappa shape index (κ2) is 9.15. The Morgan fingerprint density at radius 2 is 1.12 bits per heavy atom. The molecule has 2 aromatic rings. The number of nitriles is 2. The van der Waals surface area contributed by atoms with Gasteiger partial charge in [0, 0.05) is 22.9 Å². The lowest BCUT2D eigenvalue weighted by Crippen LogP contribution is -2.16. The number of hydrogen-bond acceptors (Lipinski definition) is 4. The number of benzene rings is 2. The number of Topliss-reactive ketones (excluding diaryl/α,β-unsaturated/α-hetero) is 2. The Morgan fingerprint density at radius 1 is 0.769 bits per heavy atom. The van der Waals surface area contributed by atoms with Gasteiger partial charge in [-0.05, 0) is 23.3 Å². The number of hydrogen-bond donors (Lipinski definition) is 0. The Morgan fingerprint density at radius 3 is 1.42 bits per heavy atom. The Bertz CT molecular complexity index is 837. The first-order chi connectivity index (χ1) is 12.5. The van der Waals surface area contributed by atoms with Crippen LogP contribution in [0.25, 0.3) is 0 Å². The van der Waals surface area contributed by atoms with Crippen molar-refractivity contribution in [3.63, 3.8) is 0 Å². The number of ketones is 2. The van der Waals surface area contributed by atoms with Crippen LogP contribution in [0.1, 0.15) is 35.8 Å². The summed E-state index contributed by atoms with van der Waals surface area (Å²) in [5.41, 5.74) is 0.828. The highest BCUT2D eigenvalue weighted by Crippen LogP contribution is 2.28. The molecular formula is C20H14Cl2N2O2. The molecule has 6 heteroatoms. The molecule has 0 amide bonds. The van der Waals surface area contributed by atoms with E-state index in [0.29, 0.717) is 21.2 Å². The van der Waals surface area contributed by atoms with Gasteiger partial charge in [-0.3, -0.25) is 9.59 Å². The molecule has 0 aliphatic carbocycles. The number of rotatable bonds is 7. The lowest BCUT2D eigenvalue weighted by atomic mass is 9.89. The summed E-state index contributed by atoms with van der Waals surface area (Å²) in [6, 6.07) is 17.1. The molecule has 0 aliphatic rings. The van der Waals surface area contributed by atoms with E-state index in [1.807, 2.05) is 12.1 Å². The fourth-order valence-electron chi connectivity index (χ4n) is 2.58. The molecule has 0 unspecified atom stereocenters. The molecule has 0 aliphatic heterocycles. The Hall–Kier alpha value is -2.66. The lowest BCUT2D eigenvalue weighted by Gasteiger charge is -2.12. The molecule has 0 saturated heterocycles. The Balaban J connectivity index is 2.10. The molecule has 0 saturated carbocycles. The minimum Gasteiger partial charge on any atom is -0.298 e. The van der Waals surface area contributed by atoms with Crippen molar-refractivity contribution >= 4 is 34.8 Å². The van der Waals surface area contributed by atoms with E-state index >= 15 is 0 Å². The predicted molar refractivity (Wildman–Crippen MR) is 98.9 cm³/mol. The van der Waals surface area contributed by atoms with E-state index in [1.165, 1.54) is 0 Å². The summed E-state index contributed by atoms with van der Waals surface area (Å²) in [6.07, 6.45) is -0.296. The van der Waals surface area contributed by atoms with Crippen molar-refractivity contribution in [2.75, 3.05) is 0 Å². The molecule has 0 spiro atoms. The van der Waals surface area contributed by atoms with Crippen molar-refractivity contribution in [3.05, 3.63) is 69.7 Å². The molecule has 2 aromatic carbocycles. The topological polar surface area (TPSA) is 81.7 Å². The highest BCUT2D eigenvalue weighted by molar-refractivity contribution is 6.32. The maximum atomic E-state index is 12.4. The first kappa shape index (κ1) is 19.7. The van der Waals surface area contributed by atoms with Crippen LogP contribution in [0.15, 0.2) is 48.5 Å². The third-order valence-electron chi connectivity index (χ3n) is 3.95. The largest absolute Gasteiger partial charge is 0.298 e. The van der Waals surface area contributed by atoms with Crippen LogP contribution in [-0.4, -0.2) is 11.6 Å². The smallest absolute Gasteiger partial charge is 0.154 e. The van der Waals surface area contributed by atoms with Gasteiger partial charge >= 0.3 is 0 Å². The molecule has 0 radical (unpaired) electrons. The minimum absolute atomic E-state index is 0.148. The summed E-state index contributed by atoms with van der Waals surface area (Å²) in [5.74, 6) is -2.91. The van der Waals surface area contributed by atoms with Gasteiger partial charge in [-0.1, -0.05) is 59.6 Å². The van der Waals surface area contributed by atoms with Gasteiger partial charge in [-0.15, -0.1) is 0 Å². The van der Waals surface area contributed by atoms with Crippen LogP contribution in [0.3, 0.4) is 0 Å². The van der Waals surface area contributed by atoms with Crippen LogP contribution in [0.5, 0.6) is 0 Å². The van der Waals surface area contributed by atoms with Crippen LogP contribution in [0, 0.1) is 22.7 Å². The third-order valence-corrected chi connectivity index (χ3v) is 4.64. The highest BCUT2D eigenvalue weighted by atomic mass is 35.5. The fraction of sp³-hybridized carbons (Fsp3) is 0.200. The zero-order valence-corrected chi connectivity index (χ0v) is 15.2. The van der Waals surface area contributed by atoms with Crippen LogP contribution in [0.2, 0.25) is 10.0 Å². The van der Waals surface area contributed by atoms with E-state index in [2.05, 4.69) is 0 Å². The molecule has 4 nitrogen and oxygen atoms in total. The van der Waals surface area contributed by atoms with E-state index in [-0.39, 0.29) is 12.8 Å². The molecule has 0 heterocycles. The molecule has 2 rings (SSSR count). The summed E-state index contributed by atoms with van der Waals surface area (Å²) in [7, 11) is 0. The first-order valence-corrected chi connectivity index (χ1v) is 8.58. The van der Waals surface area contributed by atoms with E-state index in [0.717, 1.165) is 0 Å². The van der Waals surface area contributed by atoms with Crippen molar-refractivity contribution in [1.82, 2.24) is 0 Å². The predicted octanol–water partition coefficient (Wildman–Crippen LogP) is 4.83. The normalized spacial score (nSPS) is 12.5. The van der Waals surface area contributed by atoms with Crippen molar-refractivity contribution in [2.45, 2.75) is 24.7 Å². The maximum Gasteiger partial charge on any atom is 0.154 e. The van der Waals surface area contributed by atoms with Gasteiger partial charge in [0.1, 0.15) is 11.8 Å². The SMILES string of the molecule is N#C[C@H](C(=O)CCC(=O)[C@@H](C#N)c1ccccc1Cl)c1ccccc1Cl. The van der Waals surface area contributed by atoms with E-state index in [4.69, 9.17) is 23.2 Å². The third kappa shape index (κ3) is 4.49. The average molecular weight is 385 g/mol. The zero-order valence-electron chi connectivity index (χ0n) is 13.7. The summed E-state index contributed by atoms with van der Waals surface area (Å²) in [5, 5.41) is 19.3. The van der Waals surface area contributed by atoms with Gasteiger partial charge in [0.2, 0.25) is 0 Å². The van der Waals surface area contributed by atoms with E-state index in [1.54, 1.807) is 48.5 Å². The molecule has 0 fully saturated rings. The first-order valence-electron chi connectivity index (χ1n) is 7.83. The van der Waals surface area contributed by atoms with Crippen LogP contribution >= 0.6 is 23.2 Å². The maximum absolute atomic E-state index is 12.4. The number of carbonyl (C=O) groups is 2. The van der Waals surface area contributed by atoms with Crippen molar-refractivity contribution in [2.24, 2.45) is 0 Å². The van der Waals surface area contributed by atoms with Gasteiger partial charge in [-0.2, -0.15) is 10.5 Å². The van der Waals surface area contributed by atoms with Gasteiger partial charge in [0.05, 0.1) is 12.1 Å². The summed E-state index contributed by atoms with van der Waals surface area (Å²) in [6.45, 7) is 0. The van der Waals surface area contributed by atoms with Gasteiger partial charge in [0.15, 0.2) is 11.6 Å². The lowest BCUT2D eigenvalue weighted by molar-refractivity contribution is -0.124. The van der Waals surface area contributed by atoms with Crippen molar-refractivity contribution in [3.8, 4) is 12.1 Å². The molecule has 2 atom stereocenters. The van der Waals surface area contributed by atoms with E-state index < -0.39 is 23.4 Å². The van der Waals surface area contributed by atoms with Gasteiger partial charge < -0.3 is 0 Å². The number of nitrogens with zero attached hydrogens (tertiary/aromatic N) is 2. The summed E-state index contributed by atoms with van der Waals surface area (Å²) < 4.78 is 0. The summed E-state index contributed by atoms with van der Waals surface area (Å²) in [4.78, 5) is 24.8. The quantitative estimate of drug-likeness (QED) is 0.684. The molecule has 26 heavy (non-hydrogen) atoms.